The Balaban J connectivity index is 0.000000223. The molecule has 0 aromatic carbocycles. The normalized spacial score (nSPS) is 15.5. The van der Waals surface area contributed by atoms with Gasteiger partial charge in [-0.1, -0.05) is 0 Å². The van der Waals surface area contributed by atoms with Crippen LogP contribution in [0.1, 0.15) is 20.3 Å². The number of nitrogens with one attached hydrogen (secondary N) is 1. The third-order valence-corrected chi connectivity index (χ3v) is 1.34. The Kier molecular flexibility index (Phi) is 7.44. The molecule has 4 nitrogen and oxygen atoms in total. The summed E-state index contributed by atoms with van der Waals surface area (Å²) in [6, 6.07) is 0. The van der Waals surface area contributed by atoms with E-state index < -0.39 is 0 Å². The van der Waals surface area contributed by atoms with Crippen LogP contribution < -0.4 is 5.32 Å². The lowest BCUT2D eigenvalue weighted by Crippen LogP contribution is -2.30. The molecule has 0 amide bonds. The van der Waals surface area contributed by atoms with Crippen molar-refractivity contribution >= 4 is 11.6 Å². The number of morpholine rings is 1. The molecule has 0 aromatic heterocycles. The highest BCUT2D eigenvalue weighted by Crippen LogP contribution is 1.80. The van der Waals surface area contributed by atoms with Crippen LogP contribution in [0.15, 0.2) is 0 Å². The van der Waals surface area contributed by atoms with Crippen molar-refractivity contribution in [3.63, 3.8) is 0 Å². The van der Waals surface area contributed by atoms with E-state index in [2.05, 4.69) is 5.32 Å². The summed E-state index contributed by atoms with van der Waals surface area (Å²) in [6.07, 6.45) is 0.0833. The highest BCUT2D eigenvalue weighted by Gasteiger charge is 1.94. The highest BCUT2D eigenvalue weighted by atomic mass is 16.5. The third-order valence-electron chi connectivity index (χ3n) is 1.34. The zero-order valence-corrected chi connectivity index (χ0v) is 8.26. The quantitative estimate of drug-likeness (QED) is 0.626. The molecule has 0 spiro atoms. The van der Waals surface area contributed by atoms with Gasteiger partial charge in [0.2, 0.25) is 0 Å². The zero-order chi connectivity index (χ0) is 10.1. The zero-order valence-electron chi connectivity index (χ0n) is 8.26. The van der Waals surface area contributed by atoms with Crippen LogP contribution in [-0.2, 0) is 14.3 Å². The van der Waals surface area contributed by atoms with E-state index in [1.54, 1.807) is 0 Å². The lowest BCUT2D eigenvalue weighted by molar-refractivity contribution is -0.124. The highest BCUT2D eigenvalue weighted by molar-refractivity contribution is 5.96. The molecule has 1 N–H and O–H groups in total. The van der Waals surface area contributed by atoms with Crippen molar-refractivity contribution in [1.82, 2.24) is 5.32 Å². The van der Waals surface area contributed by atoms with Crippen LogP contribution in [-0.4, -0.2) is 37.9 Å². The number of rotatable bonds is 2. The number of ketones is 2. The van der Waals surface area contributed by atoms with Gasteiger partial charge in [0, 0.05) is 13.1 Å². The van der Waals surface area contributed by atoms with E-state index in [0.717, 1.165) is 26.3 Å². The van der Waals surface area contributed by atoms with Gasteiger partial charge < -0.3 is 10.1 Å². The van der Waals surface area contributed by atoms with E-state index in [0.29, 0.717) is 0 Å². The molecule has 0 radical (unpaired) electrons. The Morgan fingerprint density at radius 2 is 1.62 bits per heavy atom. The minimum Gasteiger partial charge on any atom is -0.379 e. The molecule has 1 rings (SSSR count). The molecule has 13 heavy (non-hydrogen) atoms. The maximum atomic E-state index is 10.0. The first kappa shape index (κ1) is 12.3. The van der Waals surface area contributed by atoms with Gasteiger partial charge in [0.15, 0.2) is 0 Å². The van der Waals surface area contributed by atoms with Gasteiger partial charge in [-0.3, -0.25) is 9.59 Å². The second-order valence-corrected chi connectivity index (χ2v) is 2.94. The minimum atomic E-state index is -0.0625. The Labute approximate surface area is 78.6 Å². The summed E-state index contributed by atoms with van der Waals surface area (Å²) in [7, 11) is 0. The van der Waals surface area contributed by atoms with E-state index in [4.69, 9.17) is 4.74 Å². The molecule has 0 aliphatic carbocycles. The Hall–Kier alpha value is -0.740. The first-order valence-corrected chi connectivity index (χ1v) is 4.40. The van der Waals surface area contributed by atoms with Gasteiger partial charge in [-0.2, -0.15) is 0 Å². The Morgan fingerprint density at radius 1 is 1.15 bits per heavy atom. The number of Topliss-reactive ketones (excluding diaryl/α,β-unsaturated/α-hetero) is 2. The van der Waals surface area contributed by atoms with Crippen LogP contribution in [0.2, 0.25) is 0 Å². The van der Waals surface area contributed by atoms with Crippen LogP contribution in [0.3, 0.4) is 0 Å². The smallest absolute Gasteiger partial charge is 0.137 e. The number of hydrogen-bond donors (Lipinski definition) is 1. The van der Waals surface area contributed by atoms with E-state index in [1.165, 1.54) is 13.8 Å². The number of ether oxygens (including phenoxy) is 1. The van der Waals surface area contributed by atoms with Crippen molar-refractivity contribution in [2.24, 2.45) is 0 Å². The first-order chi connectivity index (χ1) is 6.13. The fourth-order valence-electron chi connectivity index (χ4n) is 0.866. The Bertz CT molecular complexity index is 141. The van der Waals surface area contributed by atoms with Gasteiger partial charge in [-0.05, 0) is 13.8 Å². The van der Waals surface area contributed by atoms with Crippen molar-refractivity contribution in [3.05, 3.63) is 0 Å². The van der Waals surface area contributed by atoms with E-state index in [-0.39, 0.29) is 18.0 Å². The first-order valence-electron chi connectivity index (χ1n) is 4.40. The molecular weight excluding hydrogens is 170 g/mol. The fourth-order valence-corrected chi connectivity index (χ4v) is 0.866. The van der Waals surface area contributed by atoms with Gasteiger partial charge in [0.05, 0.1) is 19.6 Å². The van der Waals surface area contributed by atoms with Gasteiger partial charge in [-0.15, -0.1) is 0 Å². The van der Waals surface area contributed by atoms with Crippen molar-refractivity contribution in [2.75, 3.05) is 26.3 Å². The molecular formula is C9H17NO3. The molecule has 1 heterocycles. The molecule has 0 atom stereocenters. The van der Waals surface area contributed by atoms with Crippen molar-refractivity contribution in [3.8, 4) is 0 Å². The third kappa shape index (κ3) is 11.3. The van der Waals surface area contributed by atoms with Gasteiger partial charge in [0.25, 0.3) is 0 Å². The molecule has 1 aliphatic rings. The van der Waals surface area contributed by atoms with Gasteiger partial charge in [0.1, 0.15) is 11.6 Å². The molecule has 1 saturated heterocycles. The van der Waals surface area contributed by atoms with Crippen molar-refractivity contribution in [2.45, 2.75) is 20.3 Å². The lowest BCUT2D eigenvalue weighted by Gasteiger charge is -2.10. The molecule has 1 fully saturated rings. The lowest BCUT2D eigenvalue weighted by atomic mass is 10.2. The number of carbonyl (C=O) groups is 2. The van der Waals surface area contributed by atoms with Gasteiger partial charge >= 0.3 is 0 Å². The molecule has 0 saturated carbocycles. The van der Waals surface area contributed by atoms with Crippen LogP contribution in [0.4, 0.5) is 0 Å². The minimum absolute atomic E-state index is 0.0625. The second-order valence-electron chi connectivity index (χ2n) is 2.94. The fraction of sp³-hybridized carbons (Fsp3) is 0.778. The SMILES string of the molecule is C1COCCN1.CC(=O)CC(C)=O. The molecule has 1 aliphatic heterocycles. The van der Waals surface area contributed by atoms with Crippen molar-refractivity contribution in [1.29, 1.82) is 0 Å². The van der Waals surface area contributed by atoms with Crippen LogP contribution in [0.5, 0.6) is 0 Å². The second kappa shape index (κ2) is 7.89. The van der Waals surface area contributed by atoms with Gasteiger partial charge in [-0.25, -0.2) is 0 Å². The molecule has 4 heteroatoms. The van der Waals surface area contributed by atoms with Crippen LogP contribution in [0.25, 0.3) is 0 Å². The maximum Gasteiger partial charge on any atom is 0.137 e. The predicted molar refractivity (Wildman–Crippen MR) is 49.7 cm³/mol. The summed E-state index contributed by atoms with van der Waals surface area (Å²) >= 11 is 0. The summed E-state index contributed by atoms with van der Waals surface area (Å²) < 4.78 is 5.01. The van der Waals surface area contributed by atoms with E-state index >= 15 is 0 Å². The summed E-state index contributed by atoms with van der Waals surface area (Å²) in [6.45, 7) is 6.64. The predicted octanol–water partition coefficient (Wildman–Crippen LogP) is 0.161. The average molecular weight is 187 g/mol. The largest absolute Gasteiger partial charge is 0.379 e. The number of hydrogen-bond acceptors (Lipinski definition) is 4. The summed E-state index contributed by atoms with van der Waals surface area (Å²) in [5, 5.41) is 3.16. The van der Waals surface area contributed by atoms with E-state index in [1.807, 2.05) is 0 Å². The van der Waals surface area contributed by atoms with Crippen LogP contribution >= 0.6 is 0 Å². The summed E-state index contributed by atoms with van der Waals surface area (Å²) in [5.74, 6) is -0.125. The molecule has 0 aromatic rings. The summed E-state index contributed by atoms with van der Waals surface area (Å²) in [5.41, 5.74) is 0. The summed E-state index contributed by atoms with van der Waals surface area (Å²) in [4.78, 5) is 20.1. The average Bonchev–Trinajstić information content (AvgIpc) is 2.06. The van der Waals surface area contributed by atoms with E-state index in [9.17, 15) is 9.59 Å². The van der Waals surface area contributed by atoms with Crippen molar-refractivity contribution < 1.29 is 14.3 Å². The Morgan fingerprint density at radius 3 is 1.69 bits per heavy atom. The standard InChI is InChI=1S/C5H8O2.C4H9NO/c1-4(6)3-5(2)7;1-3-6-4-2-5-1/h3H2,1-2H3;5H,1-4H2. The molecule has 76 valence electrons. The topological polar surface area (TPSA) is 55.4 Å². The monoisotopic (exact) mass is 187 g/mol. The molecule has 0 unspecified atom stereocenters. The number of carbonyl (C=O) groups excluding carboxylic acids is 2. The maximum absolute atomic E-state index is 10.0. The molecule has 0 bridgehead atoms. The van der Waals surface area contributed by atoms with Crippen LogP contribution in [0, 0.1) is 0 Å².